The molecule has 2 atom stereocenters. The normalized spacial score (nSPS) is 14.0. The standard InChI is InChI=1S/C15H19N3O2S/c1-4-9(2)18-14(20)11-7-5-6-8-12(11)17-15(18)21-10(3)13(16)19/h5-10H,4H2,1-3H3,(H2,16,19)/t9-,10-/m1/s1. The first-order valence-electron chi connectivity index (χ1n) is 6.93. The Kier molecular flexibility index (Phi) is 4.67. The minimum absolute atomic E-state index is 0.0113. The quantitative estimate of drug-likeness (QED) is 0.679. The third-order valence-electron chi connectivity index (χ3n) is 3.49. The summed E-state index contributed by atoms with van der Waals surface area (Å²) in [5, 5.41) is 0.696. The van der Waals surface area contributed by atoms with E-state index in [9.17, 15) is 9.59 Å². The summed E-state index contributed by atoms with van der Waals surface area (Å²) in [4.78, 5) is 28.5. The Bertz CT molecular complexity index is 726. The van der Waals surface area contributed by atoms with Gasteiger partial charge in [0, 0.05) is 6.04 Å². The molecule has 0 unspecified atom stereocenters. The van der Waals surface area contributed by atoms with Crippen molar-refractivity contribution in [2.75, 3.05) is 0 Å². The molecule has 2 N–H and O–H groups in total. The number of amides is 1. The van der Waals surface area contributed by atoms with E-state index in [2.05, 4.69) is 4.98 Å². The van der Waals surface area contributed by atoms with Crippen LogP contribution in [0.4, 0.5) is 0 Å². The highest BCUT2D eigenvalue weighted by molar-refractivity contribution is 8.00. The third-order valence-corrected chi connectivity index (χ3v) is 4.57. The summed E-state index contributed by atoms with van der Waals surface area (Å²) in [6.07, 6.45) is 0.804. The van der Waals surface area contributed by atoms with Crippen LogP contribution in [0.2, 0.25) is 0 Å². The van der Waals surface area contributed by atoms with E-state index in [1.54, 1.807) is 23.6 Å². The molecule has 0 spiro atoms. The van der Waals surface area contributed by atoms with Crippen LogP contribution in [0.15, 0.2) is 34.2 Å². The van der Waals surface area contributed by atoms with Crippen LogP contribution < -0.4 is 11.3 Å². The molecule has 0 aliphatic heterocycles. The number of carbonyl (C=O) groups is 1. The van der Waals surface area contributed by atoms with Gasteiger partial charge in [-0.2, -0.15) is 0 Å². The lowest BCUT2D eigenvalue weighted by atomic mass is 10.2. The average molecular weight is 305 g/mol. The van der Waals surface area contributed by atoms with Gasteiger partial charge in [-0.05, 0) is 32.4 Å². The molecule has 2 rings (SSSR count). The maximum Gasteiger partial charge on any atom is 0.262 e. The van der Waals surface area contributed by atoms with E-state index >= 15 is 0 Å². The van der Waals surface area contributed by atoms with Gasteiger partial charge in [-0.3, -0.25) is 14.2 Å². The first kappa shape index (κ1) is 15.6. The predicted molar refractivity (Wildman–Crippen MR) is 85.5 cm³/mol. The number of hydrogen-bond acceptors (Lipinski definition) is 4. The molecular weight excluding hydrogens is 286 g/mol. The molecule has 1 aromatic heterocycles. The van der Waals surface area contributed by atoms with E-state index in [4.69, 9.17) is 5.73 Å². The van der Waals surface area contributed by atoms with E-state index in [1.165, 1.54) is 11.8 Å². The van der Waals surface area contributed by atoms with Gasteiger partial charge in [0.1, 0.15) is 0 Å². The monoisotopic (exact) mass is 305 g/mol. The van der Waals surface area contributed by atoms with Gasteiger partial charge in [0.15, 0.2) is 5.16 Å². The SMILES string of the molecule is CC[C@@H](C)n1c(S[C@H](C)C(N)=O)nc2ccccc2c1=O. The molecule has 6 heteroatoms. The molecule has 1 aromatic carbocycles. The van der Waals surface area contributed by atoms with E-state index in [-0.39, 0.29) is 11.6 Å². The summed E-state index contributed by atoms with van der Waals surface area (Å²) in [5.74, 6) is -0.418. The van der Waals surface area contributed by atoms with Crippen molar-refractivity contribution in [2.45, 2.75) is 43.6 Å². The van der Waals surface area contributed by atoms with Crippen molar-refractivity contribution in [1.29, 1.82) is 0 Å². The number of para-hydroxylation sites is 1. The van der Waals surface area contributed by atoms with Crippen LogP contribution >= 0.6 is 11.8 Å². The lowest BCUT2D eigenvalue weighted by Gasteiger charge is -2.19. The summed E-state index contributed by atoms with van der Waals surface area (Å²) in [5.41, 5.74) is 5.88. The minimum atomic E-state index is -0.437. The van der Waals surface area contributed by atoms with Gasteiger partial charge < -0.3 is 5.73 Å². The molecule has 1 amide bonds. The second-order valence-electron chi connectivity index (χ2n) is 5.01. The van der Waals surface area contributed by atoms with Crippen molar-refractivity contribution >= 4 is 28.6 Å². The van der Waals surface area contributed by atoms with Gasteiger partial charge in [0.05, 0.1) is 16.2 Å². The van der Waals surface area contributed by atoms with Crippen molar-refractivity contribution in [3.8, 4) is 0 Å². The molecule has 1 heterocycles. The van der Waals surface area contributed by atoms with Crippen LogP contribution in [0, 0.1) is 0 Å². The lowest BCUT2D eigenvalue weighted by Crippen LogP contribution is -2.28. The number of benzene rings is 1. The first-order chi connectivity index (χ1) is 9.95. The number of hydrogen-bond donors (Lipinski definition) is 1. The Hall–Kier alpha value is -1.82. The molecule has 0 saturated heterocycles. The smallest absolute Gasteiger partial charge is 0.262 e. The fourth-order valence-electron chi connectivity index (χ4n) is 2.00. The Balaban J connectivity index is 2.66. The topological polar surface area (TPSA) is 78.0 Å². The van der Waals surface area contributed by atoms with Crippen LogP contribution in [-0.2, 0) is 4.79 Å². The number of nitrogens with two attached hydrogens (primary N) is 1. The number of fused-ring (bicyclic) bond motifs is 1. The summed E-state index contributed by atoms with van der Waals surface area (Å²) >= 11 is 1.23. The molecule has 0 aliphatic rings. The molecule has 0 aliphatic carbocycles. The molecule has 0 radical (unpaired) electrons. The Morgan fingerprint density at radius 2 is 2.05 bits per heavy atom. The minimum Gasteiger partial charge on any atom is -0.369 e. The van der Waals surface area contributed by atoms with Crippen molar-refractivity contribution in [3.05, 3.63) is 34.6 Å². The van der Waals surface area contributed by atoms with Crippen LogP contribution in [0.1, 0.15) is 33.2 Å². The highest BCUT2D eigenvalue weighted by atomic mass is 32.2. The van der Waals surface area contributed by atoms with Crippen molar-refractivity contribution in [3.63, 3.8) is 0 Å². The maximum atomic E-state index is 12.7. The second-order valence-corrected chi connectivity index (χ2v) is 6.31. The van der Waals surface area contributed by atoms with Gasteiger partial charge in [0.2, 0.25) is 5.91 Å². The van der Waals surface area contributed by atoms with Gasteiger partial charge in [-0.25, -0.2) is 4.98 Å². The fraction of sp³-hybridized carbons (Fsp3) is 0.400. The Labute approximate surface area is 127 Å². The molecule has 112 valence electrons. The number of thioether (sulfide) groups is 1. The van der Waals surface area contributed by atoms with Crippen LogP contribution in [0.3, 0.4) is 0 Å². The van der Waals surface area contributed by atoms with Gasteiger partial charge in [-0.15, -0.1) is 0 Å². The average Bonchev–Trinajstić information content (AvgIpc) is 2.46. The number of nitrogens with zero attached hydrogens (tertiary/aromatic N) is 2. The summed E-state index contributed by atoms with van der Waals surface area (Å²) in [6.45, 7) is 5.70. The lowest BCUT2D eigenvalue weighted by molar-refractivity contribution is -0.117. The zero-order valence-electron chi connectivity index (χ0n) is 12.4. The summed E-state index contributed by atoms with van der Waals surface area (Å²) in [6, 6.07) is 7.25. The zero-order valence-corrected chi connectivity index (χ0v) is 13.2. The molecule has 0 saturated carbocycles. The predicted octanol–water partition coefficient (Wildman–Crippen LogP) is 2.33. The molecule has 0 bridgehead atoms. The molecule has 5 nitrogen and oxygen atoms in total. The largest absolute Gasteiger partial charge is 0.369 e. The first-order valence-corrected chi connectivity index (χ1v) is 7.81. The molecule has 0 fully saturated rings. The van der Waals surface area contributed by atoms with Crippen LogP contribution in [-0.4, -0.2) is 20.7 Å². The number of rotatable bonds is 5. The van der Waals surface area contributed by atoms with E-state index in [1.807, 2.05) is 26.0 Å². The van der Waals surface area contributed by atoms with E-state index < -0.39 is 11.2 Å². The van der Waals surface area contributed by atoms with Gasteiger partial charge in [-0.1, -0.05) is 30.8 Å². The highest BCUT2D eigenvalue weighted by Crippen LogP contribution is 2.25. The van der Waals surface area contributed by atoms with E-state index in [0.29, 0.717) is 16.1 Å². The Morgan fingerprint density at radius 3 is 2.67 bits per heavy atom. The van der Waals surface area contributed by atoms with Crippen molar-refractivity contribution < 1.29 is 4.79 Å². The Morgan fingerprint density at radius 1 is 1.38 bits per heavy atom. The summed E-state index contributed by atoms with van der Waals surface area (Å²) < 4.78 is 1.66. The number of primary amides is 1. The molecule has 2 aromatic rings. The zero-order chi connectivity index (χ0) is 15.6. The number of aromatic nitrogens is 2. The van der Waals surface area contributed by atoms with Gasteiger partial charge in [0.25, 0.3) is 5.56 Å². The second kappa shape index (κ2) is 6.30. The third kappa shape index (κ3) is 3.10. The maximum absolute atomic E-state index is 12.7. The molecular formula is C15H19N3O2S. The van der Waals surface area contributed by atoms with Crippen LogP contribution in [0.25, 0.3) is 10.9 Å². The fourth-order valence-corrected chi connectivity index (χ4v) is 2.96. The van der Waals surface area contributed by atoms with E-state index in [0.717, 1.165) is 6.42 Å². The summed E-state index contributed by atoms with van der Waals surface area (Å²) in [7, 11) is 0. The van der Waals surface area contributed by atoms with Crippen molar-refractivity contribution in [1.82, 2.24) is 9.55 Å². The number of carbonyl (C=O) groups excluding carboxylic acids is 1. The van der Waals surface area contributed by atoms with Gasteiger partial charge >= 0.3 is 0 Å². The van der Waals surface area contributed by atoms with Crippen LogP contribution in [0.5, 0.6) is 0 Å². The molecule has 21 heavy (non-hydrogen) atoms. The van der Waals surface area contributed by atoms with Crippen molar-refractivity contribution in [2.24, 2.45) is 5.73 Å². The highest BCUT2D eigenvalue weighted by Gasteiger charge is 2.19.